The van der Waals surface area contributed by atoms with Gasteiger partial charge in [-0.25, -0.2) is 14.3 Å². The summed E-state index contributed by atoms with van der Waals surface area (Å²) >= 11 is 0. The molecule has 36 heavy (non-hydrogen) atoms. The quantitative estimate of drug-likeness (QED) is 0.444. The van der Waals surface area contributed by atoms with Gasteiger partial charge in [-0.05, 0) is 76.2 Å². The zero-order valence-corrected chi connectivity index (χ0v) is 22.2. The molecule has 188 valence electrons. The van der Waals surface area contributed by atoms with Gasteiger partial charge in [0.1, 0.15) is 5.39 Å². The first-order valence-electron chi connectivity index (χ1n) is 12.6. The first-order chi connectivity index (χ1) is 17.0. The first kappa shape index (κ1) is 24.2. The van der Waals surface area contributed by atoms with Crippen LogP contribution in [0.1, 0.15) is 57.5 Å². The molecule has 0 amide bonds. The van der Waals surface area contributed by atoms with Crippen molar-refractivity contribution in [2.75, 3.05) is 19.4 Å². The maximum absolute atomic E-state index is 13.4. The van der Waals surface area contributed by atoms with Gasteiger partial charge >= 0.3 is 0 Å². The molecular formula is C28H35N7O. The van der Waals surface area contributed by atoms with Crippen LogP contribution in [-0.4, -0.2) is 49.4 Å². The van der Waals surface area contributed by atoms with Crippen LogP contribution in [0.3, 0.4) is 0 Å². The van der Waals surface area contributed by atoms with Crippen molar-refractivity contribution in [2.45, 2.75) is 65.0 Å². The molecule has 1 N–H and O–H groups in total. The predicted octanol–water partition coefficient (Wildman–Crippen LogP) is 4.63. The zero-order valence-electron chi connectivity index (χ0n) is 22.2. The summed E-state index contributed by atoms with van der Waals surface area (Å²) in [5, 5.41) is 3.86. The highest BCUT2D eigenvalue weighted by atomic mass is 16.1. The summed E-state index contributed by atoms with van der Waals surface area (Å²) in [6.07, 6.45) is 5.53. The number of rotatable bonds is 5. The Hall–Kier alpha value is -3.52. The Morgan fingerprint density at radius 1 is 1.06 bits per heavy atom. The van der Waals surface area contributed by atoms with Gasteiger partial charge in [0, 0.05) is 41.3 Å². The maximum Gasteiger partial charge on any atom is 0.278 e. The molecule has 5 rings (SSSR count). The van der Waals surface area contributed by atoms with Crippen molar-refractivity contribution in [1.29, 1.82) is 0 Å². The SMILES string of the molecule is CC(C)n1c(=O)c2cnc(Nc3ccc4c(c3)CC(N(C)C)C4)nc2n1-c1ccnc(C(C)(C)C)c1. The molecule has 0 fully saturated rings. The fraction of sp³-hybridized carbons (Fsp3) is 0.429. The molecule has 1 aliphatic rings. The Morgan fingerprint density at radius 3 is 2.50 bits per heavy atom. The van der Waals surface area contributed by atoms with Gasteiger partial charge < -0.3 is 10.2 Å². The van der Waals surface area contributed by atoms with E-state index in [4.69, 9.17) is 4.98 Å². The molecule has 1 aromatic carbocycles. The van der Waals surface area contributed by atoms with Crippen LogP contribution in [-0.2, 0) is 18.3 Å². The van der Waals surface area contributed by atoms with Crippen LogP contribution in [0, 0.1) is 0 Å². The van der Waals surface area contributed by atoms with E-state index < -0.39 is 0 Å². The molecule has 3 aromatic heterocycles. The van der Waals surface area contributed by atoms with E-state index in [1.807, 2.05) is 30.7 Å². The van der Waals surface area contributed by atoms with Crippen molar-refractivity contribution < 1.29 is 0 Å². The minimum absolute atomic E-state index is 0.0595. The number of aromatic nitrogens is 5. The molecule has 8 nitrogen and oxygen atoms in total. The van der Waals surface area contributed by atoms with Crippen molar-refractivity contribution in [3.63, 3.8) is 0 Å². The third kappa shape index (κ3) is 4.30. The van der Waals surface area contributed by atoms with Gasteiger partial charge in [-0.2, -0.15) is 4.98 Å². The summed E-state index contributed by atoms with van der Waals surface area (Å²) in [5.74, 6) is 0.462. The number of anilines is 2. The molecule has 0 bridgehead atoms. The molecule has 0 aliphatic heterocycles. The standard InChI is InChI=1S/C28H35N7O/c1-17(2)34-26(36)23-16-30-27(31-20-9-8-18-13-22(33(6)7)14-19(18)12-20)32-25(23)35(34)21-10-11-29-24(15-21)28(3,4)5/h8-12,15-17,22H,13-14H2,1-7H3,(H,30,31,32). The van der Waals surface area contributed by atoms with E-state index in [2.05, 4.69) is 73.3 Å². The second-order valence-corrected chi connectivity index (χ2v) is 11.3. The lowest BCUT2D eigenvalue weighted by Crippen LogP contribution is -2.27. The molecule has 0 saturated carbocycles. The van der Waals surface area contributed by atoms with Crippen LogP contribution in [0.25, 0.3) is 16.7 Å². The first-order valence-corrected chi connectivity index (χ1v) is 12.6. The van der Waals surface area contributed by atoms with Gasteiger partial charge in [0.2, 0.25) is 5.95 Å². The summed E-state index contributed by atoms with van der Waals surface area (Å²) in [6, 6.07) is 10.9. The Balaban J connectivity index is 1.58. The lowest BCUT2D eigenvalue weighted by Gasteiger charge is -2.20. The van der Waals surface area contributed by atoms with Crippen molar-refractivity contribution in [3.05, 3.63) is 69.9 Å². The van der Waals surface area contributed by atoms with Gasteiger partial charge in [0.15, 0.2) is 5.65 Å². The number of pyridine rings is 1. The van der Waals surface area contributed by atoms with Crippen LogP contribution >= 0.6 is 0 Å². The van der Waals surface area contributed by atoms with Crippen LogP contribution in [0.5, 0.6) is 0 Å². The highest BCUT2D eigenvalue weighted by Crippen LogP contribution is 2.29. The Labute approximate surface area is 212 Å². The molecule has 8 heteroatoms. The monoisotopic (exact) mass is 485 g/mol. The van der Waals surface area contributed by atoms with Crippen molar-refractivity contribution >= 4 is 22.7 Å². The molecular weight excluding hydrogens is 450 g/mol. The van der Waals surface area contributed by atoms with Crippen LogP contribution in [0.15, 0.2) is 47.5 Å². The van der Waals surface area contributed by atoms with Gasteiger partial charge in [0.25, 0.3) is 5.56 Å². The topological polar surface area (TPSA) is 80.9 Å². The van der Waals surface area contributed by atoms with Crippen LogP contribution < -0.4 is 10.9 Å². The van der Waals surface area contributed by atoms with E-state index in [0.717, 1.165) is 29.9 Å². The number of fused-ring (bicyclic) bond motifs is 2. The predicted molar refractivity (Wildman–Crippen MR) is 145 cm³/mol. The fourth-order valence-corrected chi connectivity index (χ4v) is 4.90. The lowest BCUT2D eigenvalue weighted by atomic mass is 9.91. The minimum atomic E-state index is -0.122. The number of likely N-dealkylation sites (N-methyl/N-ethyl adjacent to an activating group) is 1. The largest absolute Gasteiger partial charge is 0.324 e. The zero-order chi connectivity index (χ0) is 25.8. The number of hydrogen-bond acceptors (Lipinski definition) is 6. The van der Waals surface area contributed by atoms with E-state index in [1.165, 1.54) is 11.1 Å². The maximum atomic E-state index is 13.4. The summed E-state index contributed by atoms with van der Waals surface area (Å²) in [4.78, 5) is 29.5. The smallest absolute Gasteiger partial charge is 0.278 e. The van der Waals surface area contributed by atoms with Crippen LogP contribution in [0.4, 0.5) is 11.6 Å². The van der Waals surface area contributed by atoms with E-state index in [1.54, 1.807) is 17.1 Å². The molecule has 4 aromatic rings. The van der Waals surface area contributed by atoms with Gasteiger partial charge in [-0.1, -0.05) is 26.8 Å². The van der Waals surface area contributed by atoms with E-state index in [-0.39, 0.29) is 17.0 Å². The number of benzene rings is 1. The molecule has 0 spiro atoms. The van der Waals surface area contributed by atoms with Gasteiger partial charge in [-0.3, -0.25) is 9.78 Å². The molecule has 0 saturated heterocycles. The van der Waals surface area contributed by atoms with Gasteiger partial charge in [-0.15, -0.1) is 0 Å². The summed E-state index contributed by atoms with van der Waals surface area (Å²) in [7, 11) is 4.27. The summed E-state index contributed by atoms with van der Waals surface area (Å²) in [6.45, 7) is 10.4. The fourth-order valence-electron chi connectivity index (χ4n) is 4.90. The Bertz CT molecular complexity index is 1490. The normalized spacial score (nSPS) is 15.8. The highest BCUT2D eigenvalue weighted by Gasteiger charge is 2.24. The second kappa shape index (κ2) is 8.85. The van der Waals surface area contributed by atoms with E-state index >= 15 is 0 Å². The van der Waals surface area contributed by atoms with Crippen molar-refractivity contribution in [1.82, 2.24) is 29.2 Å². The summed E-state index contributed by atoms with van der Waals surface area (Å²) in [5.41, 5.74) is 5.85. The molecule has 1 unspecified atom stereocenters. The van der Waals surface area contributed by atoms with E-state index in [0.29, 0.717) is 23.0 Å². The Kier molecular flexibility index (Phi) is 5.95. The lowest BCUT2D eigenvalue weighted by molar-refractivity contribution is 0.303. The molecule has 1 aliphatic carbocycles. The van der Waals surface area contributed by atoms with Gasteiger partial charge in [0.05, 0.1) is 5.69 Å². The summed E-state index contributed by atoms with van der Waals surface area (Å²) < 4.78 is 3.64. The van der Waals surface area contributed by atoms with Crippen molar-refractivity contribution in [2.24, 2.45) is 0 Å². The molecule has 3 heterocycles. The van der Waals surface area contributed by atoms with Crippen LogP contribution in [0.2, 0.25) is 0 Å². The number of nitrogens with one attached hydrogen (secondary N) is 1. The molecule has 1 atom stereocenters. The Morgan fingerprint density at radius 2 is 1.81 bits per heavy atom. The average Bonchev–Trinajstić information content (AvgIpc) is 3.37. The highest BCUT2D eigenvalue weighted by molar-refractivity contribution is 5.77. The van der Waals surface area contributed by atoms with Crippen molar-refractivity contribution in [3.8, 4) is 5.69 Å². The second-order valence-electron chi connectivity index (χ2n) is 11.3. The van der Waals surface area contributed by atoms with E-state index in [9.17, 15) is 4.79 Å². The molecule has 0 radical (unpaired) electrons. The average molecular weight is 486 g/mol. The third-order valence-electron chi connectivity index (χ3n) is 6.97. The number of hydrogen-bond donors (Lipinski definition) is 1. The minimum Gasteiger partial charge on any atom is -0.324 e. The third-order valence-corrected chi connectivity index (χ3v) is 6.97. The number of nitrogens with zero attached hydrogens (tertiary/aromatic N) is 6.